The first-order chi connectivity index (χ1) is 23.8. The SMILES string of the molecule is CC(=O)/C=C/C1(CSc2ccc(C)cc2)CC1.CCC(=O)OC.COC(=O)C1C([O-])=CC(=O)CC1C1(CSc2ccc(C)cc2)CC1.O=C=O.[Na+]. The number of esters is 2. The van der Waals surface area contributed by atoms with Crippen molar-refractivity contribution in [2.24, 2.45) is 22.7 Å². The Kier molecular flexibility index (Phi) is 20.7. The zero-order valence-corrected chi connectivity index (χ0v) is 34.3. The third-order valence-electron chi connectivity index (χ3n) is 8.74. The number of allylic oxidation sites excluding steroid dienone is 3. The van der Waals surface area contributed by atoms with Crippen LogP contribution in [0.1, 0.15) is 63.5 Å². The molecule has 0 heterocycles. The van der Waals surface area contributed by atoms with Gasteiger partial charge >= 0.3 is 47.6 Å². The molecular weight excluding hydrogens is 700 g/mol. The summed E-state index contributed by atoms with van der Waals surface area (Å²) in [6, 6.07) is 16.9. The van der Waals surface area contributed by atoms with E-state index in [1.165, 1.54) is 48.0 Å². The van der Waals surface area contributed by atoms with Gasteiger partial charge in [0, 0.05) is 34.1 Å². The Balaban J connectivity index is 0.000000420. The minimum atomic E-state index is -0.825. The van der Waals surface area contributed by atoms with Gasteiger partial charge in [0.05, 0.1) is 20.1 Å². The number of ketones is 2. The number of aryl methyl sites for hydroxylation is 2. The van der Waals surface area contributed by atoms with Gasteiger partial charge in [-0.2, -0.15) is 9.59 Å². The molecule has 12 heteroatoms. The van der Waals surface area contributed by atoms with Gasteiger partial charge < -0.3 is 14.6 Å². The average molecular weight is 747 g/mol. The topological polar surface area (TPSA) is 144 Å². The van der Waals surface area contributed by atoms with Gasteiger partial charge in [0.25, 0.3) is 0 Å². The summed E-state index contributed by atoms with van der Waals surface area (Å²) in [5.74, 6) is -0.255. The van der Waals surface area contributed by atoms with Crippen molar-refractivity contribution in [1.82, 2.24) is 0 Å². The Bertz CT molecular complexity index is 1530. The molecule has 3 aliphatic carbocycles. The first-order valence-electron chi connectivity index (χ1n) is 16.4. The Morgan fingerprint density at radius 3 is 1.75 bits per heavy atom. The minimum Gasteiger partial charge on any atom is -0.875 e. The molecule has 0 spiro atoms. The normalized spacial score (nSPS) is 18.6. The van der Waals surface area contributed by atoms with Crippen LogP contribution in [0.15, 0.2) is 82.3 Å². The number of rotatable bonds is 11. The van der Waals surface area contributed by atoms with E-state index >= 15 is 0 Å². The monoisotopic (exact) mass is 746 g/mol. The van der Waals surface area contributed by atoms with Crippen molar-refractivity contribution in [2.45, 2.75) is 76.0 Å². The van der Waals surface area contributed by atoms with Crippen molar-refractivity contribution >= 4 is 53.2 Å². The zero-order chi connectivity index (χ0) is 37.3. The molecular formula is C39H47NaO9S2. The van der Waals surface area contributed by atoms with E-state index in [1.807, 2.05) is 18.7 Å². The molecule has 2 unspecified atom stereocenters. The van der Waals surface area contributed by atoms with Crippen LogP contribution in [0.5, 0.6) is 0 Å². The minimum absolute atomic E-state index is 0. The molecule has 2 saturated carbocycles. The third-order valence-corrected chi connectivity index (χ3v) is 11.4. The van der Waals surface area contributed by atoms with Crippen LogP contribution in [0.4, 0.5) is 0 Å². The van der Waals surface area contributed by atoms with E-state index in [0.29, 0.717) is 11.8 Å². The summed E-state index contributed by atoms with van der Waals surface area (Å²) in [5.41, 5.74) is 2.69. The quantitative estimate of drug-likeness (QED) is 0.144. The van der Waals surface area contributed by atoms with E-state index in [0.717, 1.165) is 30.4 Å². The number of hydrogen-bond acceptors (Lipinski definition) is 11. The van der Waals surface area contributed by atoms with Gasteiger partial charge in [-0.05, 0) is 99.6 Å². The van der Waals surface area contributed by atoms with E-state index in [2.05, 4.69) is 66.3 Å². The summed E-state index contributed by atoms with van der Waals surface area (Å²) in [5, 5.41) is 12.2. The molecule has 9 nitrogen and oxygen atoms in total. The number of ether oxygens (including phenoxy) is 2. The second kappa shape index (κ2) is 22.9. The van der Waals surface area contributed by atoms with Gasteiger partial charge in [-0.25, -0.2) is 0 Å². The van der Waals surface area contributed by atoms with Crippen molar-refractivity contribution in [3.63, 3.8) is 0 Å². The van der Waals surface area contributed by atoms with E-state index in [1.54, 1.807) is 31.7 Å². The predicted molar refractivity (Wildman–Crippen MR) is 191 cm³/mol. The van der Waals surface area contributed by atoms with Gasteiger partial charge in [-0.3, -0.25) is 19.2 Å². The first-order valence-corrected chi connectivity index (χ1v) is 18.4. The van der Waals surface area contributed by atoms with Gasteiger partial charge in [-0.15, -0.1) is 29.3 Å². The molecule has 0 aromatic heterocycles. The Morgan fingerprint density at radius 1 is 0.882 bits per heavy atom. The van der Waals surface area contributed by atoms with Crippen molar-refractivity contribution in [1.29, 1.82) is 0 Å². The van der Waals surface area contributed by atoms with Gasteiger partial charge in [0.1, 0.15) is 0 Å². The maximum atomic E-state index is 12.2. The summed E-state index contributed by atoms with van der Waals surface area (Å²) in [7, 11) is 2.68. The summed E-state index contributed by atoms with van der Waals surface area (Å²) in [6.07, 6.45) is 10.2. The third kappa shape index (κ3) is 16.1. The van der Waals surface area contributed by atoms with Crippen LogP contribution in [0.3, 0.4) is 0 Å². The molecule has 0 N–H and O–H groups in total. The number of hydrogen-bond donors (Lipinski definition) is 0. The van der Waals surface area contributed by atoms with Crippen molar-refractivity contribution in [2.75, 3.05) is 25.7 Å². The molecule has 0 radical (unpaired) electrons. The van der Waals surface area contributed by atoms with Crippen molar-refractivity contribution in [3.05, 3.63) is 83.6 Å². The molecule has 0 bridgehead atoms. The number of carbonyl (C=O) groups is 4. The fourth-order valence-corrected chi connectivity index (χ4v) is 7.73. The Morgan fingerprint density at radius 2 is 1.37 bits per heavy atom. The second-order valence-corrected chi connectivity index (χ2v) is 14.8. The fourth-order valence-electron chi connectivity index (χ4n) is 5.28. The van der Waals surface area contributed by atoms with Crippen LogP contribution in [0, 0.1) is 36.5 Å². The van der Waals surface area contributed by atoms with Gasteiger partial charge in [-0.1, -0.05) is 48.4 Å². The first kappa shape index (κ1) is 46.1. The molecule has 3 aliphatic rings. The van der Waals surface area contributed by atoms with Crippen LogP contribution >= 0.6 is 23.5 Å². The largest absolute Gasteiger partial charge is 1.00 e. The smallest absolute Gasteiger partial charge is 0.875 e. The molecule has 2 fully saturated rings. The number of benzene rings is 2. The number of thioether (sulfide) groups is 2. The number of carbonyl (C=O) groups excluding carboxylic acids is 6. The average Bonchev–Trinajstić information content (AvgIpc) is 4.04. The summed E-state index contributed by atoms with van der Waals surface area (Å²) >= 11 is 3.62. The maximum absolute atomic E-state index is 12.2. The van der Waals surface area contributed by atoms with Crippen molar-refractivity contribution < 1.29 is 72.9 Å². The molecule has 2 atom stereocenters. The molecule has 270 valence electrons. The molecule has 2 aromatic carbocycles. The summed E-state index contributed by atoms with van der Waals surface area (Å²) < 4.78 is 9.09. The standard InChI is InChI=1S/C19H22O4S.C15H18OS.C4H8O2.CO2.Na/c1-12-3-5-14(6-4-12)24-11-19(7-8-19)15-9-13(20)10-16(21)17(15)18(22)23-2;1-12-3-5-14(6-4-12)17-11-15(9-10-15)8-7-13(2)16;1-3-4(5)6-2;2-1-3;/h3-6,10,15,17,21H,7-9,11H2,1-2H3;3-8H,9-11H2,1-2H3;3H2,1-2H3;;/q;;;;+1/p-1/b;8-7+;;;. The fraction of sp³-hybridized carbons (Fsp3) is 0.462. The molecule has 2 aromatic rings. The van der Waals surface area contributed by atoms with E-state index < -0.39 is 17.6 Å². The van der Waals surface area contributed by atoms with Crippen LogP contribution in [-0.4, -0.2) is 55.4 Å². The Labute approximate surface area is 332 Å². The Hall–Kier alpha value is -2.92. The zero-order valence-electron chi connectivity index (χ0n) is 30.7. The predicted octanol–water partition coefficient (Wildman–Crippen LogP) is 3.49. The van der Waals surface area contributed by atoms with Gasteiger partial charge in [0.15, 0.2) is 11.6 Å². The van der Waals surface area contributed by atoms with Crippen LogP contribution < -0.4 is 34.7 Å². The molecule has 0 saturated heterocycles. The van der Waals surface area contributed by atoms with Crippen LogP contribution in [-0.2, 0) is 38.2 Å². The molecule has 5 rings (SSSR count). The molecule has 0 amide bonds. The summed E-state index contributed by atoms with van der Waals surface area (Å²) in [4.78, 5) is 63.6. The van der Waals surface area contributed by atoms with E-state index in [4.69, 9.17) is 14.3 Å². The molecule has 0 aliphatic heterocycles. The summed E-state index contributed by atoms with van der Waals surface area (Å²) in [6.45, 7) is 7.52. The number of methoxy groups -OCH3 is 2. The van der Waals surface area contributed by atoms with Crippen molar-refractivity contribution in [3.8, 4) is 0 Å². The van der Waals surface area contributed by atoms with Gasteiger partial charge in [0.2, 0.25) is 0 Å². The maximum Gasteiger partial charge on any atom is 1.00 e. The second-order valence-electron chi connectivity index (χ2n) is 12.7. The van der Waals surface area contributed by atoms with Crippen LogP contribution in [0.25, 0.3) is 0 Å². The van der Waals surface area contributed by atoms with E-state index in [-0.39, 0.29) is 71.0 Å². The molecule has 51 heavy (non-hydrogen) atoms. The van der Waals surface area contributed by atoms with Crippen LogP contribution in [0.2, 0.25) is 0 Å². The van der Waals surface area contributed by atoms with E-state index in [9.17, 15) is 24.3 Å².